The average Bonchev–Trinajstić information content (AvgIpc) is 3.18. The summed E-state index contributed by atoms with van der Waals surface area (Å²) < 4.78 is 1.83. The molecule has 1 aromatic heterocycles. The molecule has 2 N–H and O–H groups in total. The Morgan fingerprint density at radius 3 is 2.78 bits per heavy atom. The number of carbonyl (C=O) groups is 2. The second-order valence-electron chi connectivity index (χ2n) is 9.87. The van der Waals surface area contributed by atoms with E-state index in [1.165, 1.54) is 23.5 Å². The van der Waals surface area contributed by atoms with Gasteiger partial charge in [-0.3, -0.25) is 25.0 Å². The Morgan fingerprint density at radius 2 is 2.03 bits per heavy atom. The summed E-state index contributed by atoms with van der Waals surface area (Å²) in [6.45, 7) is 5.86. The molecule has 36 heavy (non-hydrogen) atoms. The van der Waals surface area contributed by atoms with Gasteiger partial charge in [-0.1, -0.05) is 53.2 Å². The Balaban J connectivity index is 1.60. The first-order chi connectivity index (χ1) is 17.0. The van der Waals surface area contributed by atoms with Crippen molar-refractivity contribution in [2.75, 3.05) is 5.32 Å². The minimum absolute atomic E-state index is 0.0621. The van der Waals surface area contributed by atoms with E-state index in [-0.39, 0.29) is 16.9 Å². The van der Waals surface area contributed by atoms with Gasteiger partial charge in [-0.05, 0) is 42.5 Å². The van der Waals surface area contributed by atoms with E-state index in [0.717, 1.165) is 20.4 Å². The molecule has 3 aromatic rings. The first kappa shape index (κ1) is 24.3. The summed E-state index contributed by atoms with van der Waals surface area (Å²) in [5.41, 5.74) is 3.20. The number of benzene rings is 2. The van der Waals surface area contributed by atoms with Crippen molar-refractivity contribution in [2.45, 2.75) is 39.5 Å². The molecule has 5 rings (SSSR count). The number of halogens is 1. The van der Waals surface area contributed by atoms with Gasteiger partial charge in [0.25, 0.3) is 11.6 Å². The molecule has 2 aliphatic rings. The lowest BCUT2D eigenvalue weighted by atomic mass is 9.68. The number of allylic oxidation sites excluding steroid dienone is 3. The molecule has 2 aromatic carbocycles. The number of rotatable bonds is 4. The monoisotopic (exact) mass is 566 g/mol. The number of thiazole rings is 1. The number of nitrogens with one attached hydrogen (secondary N) is 2. The van der Waals surface area contributed by atoms with Crippen molar-refractivity contribution >= 4 is 60.0 Å². The number of nitro benzene ring substituents is 1. The van der Waals surface area contributed by atoms with Crippen LogP contribution in [0.4, 0.5) is 10.8 Å². The molecular weight excluding hydrogens is 544 g/mol. The molecule has 8 nitrogen and oxygen atoms in total. The van der Waals surface area contributed by atoms with Gasteiger partial charge >= 0.3 is 0 Å². The lowest BCUT2D eigenvalue weighted by molar-refractivity contribution is -0.384. The third-order valence-corrected chi connectivity index (χ3v) is 7.90. The van der Waals surface area contributed by atoms with Gasteiger partial charge in [-0.25, -0.2) is 4.98 Å². The third-order valence-electron chi connectivity index (χ3n) is 6.47. The predicted molar refractivity (Wildman–Crippen MR) is 143 cm³/mol. The fourth-order valence-electron chi connectivity index (χ4n) is 5.00. The summed E-state index contributed by atoms with van der Waals surface area (Å²) >= 11 is 4.80. The Hall–Kier alpha value is -3.37. The van der Waals surface area contributed by atoms with E-state index in [4.69, 9.17) is 0 Å². The molecule has 184 valence electrons. The summed E-state index contributed by atoms with van der Waals surface area (Å²) in [5.74, 6) is -1.19. The van der Waals surface area contributed by atoms with Crippen LogP contribution in [0, 0.1) is 15.5 Å². The molecule has 1 aliphatic carbocycles. The van der Waals surface area contributed by atoms with Crippen molar-refractivity contribution in [1.29, 1.82) is 0 Å². The molecule has 0 fully saturated rings. The standard InChI is InChI=1S/C26H23BrN4O4S/c1-13-21(24(33)30-25-29-17-8-7-15(27)10-20(17)36-25)22(14-5-4-6-16(9-14)31(34)35)23-18(28-13)11-26(2,3)12-19(23)32/h4-10,22,28H,11-12H2,1-3H3,(H,29,30,33). The van der Waals surface area contributed by atoms with Crippen LogP contribution in [0.1, 0.15) is 45.1 Å². The highest BCUT2D eigenvalue weighted by Crippen LogP contribution is 2.47. The molecule has 1 unspecified atom stereocenters. The van der Waals surface area contributed by atoms with Gasteiger partial charge in [0.1, 0.15) is 0 Å². The van der Waals surface area contributed by atoms with E-state index in [0.29, 0.717) is 40.4 Å². The normalized spacial score (nSPS) is 19.2. The second kappa shape index (κ2) is 8.94. The lowest BCUT2D eigenvalue weighted by Gasteiger charge is -2.39. The number of carbonyl (C=O) groups excluding carboxylic acids is 2. The first-order valence-electron chi connectivity index (χ1n) is 11.4. The van der Waals surface area contributed by atoms with Crippen LogP contribution in [0.5, 0.6) is 0 Å². The Kier molecular flexibility index (Phi) is 6.04. The smallest absolute Gasteiger partial charge is 0.269 e. The van der Waals surface area contributed by atoms with Crippen molar-refractivity contribution in [2.24, 2.45) is 5.41 Å². The second-order valence-corrected chi connectivity index (χ2v) is 11.8. The van der Waals surface area contributed by atoms with Crippen molar-refractivity contribution in [3.8, 4) is 0 Å². The number of nitro groups is 1. The maximum absolute atomic E-state index is 13.7. The number of fused-ring (bicyclic) bond motifs is 1. The molecule has 0 saturated heterocycles. The molecule has 0 spiro atoms. The van der Waals surface area contributed by atoms with Gasteiger partial charge in [0.15, 0.2) is 10.9 Å². The number of nitrogens with zero attached hydrogens (tertiary/aromatic N) is 2. The number of anilines is 1. The molecule has 0 bridgehead atoms. The van der Waals surface area contributed by atoms with Gasteiger partial charge in [0.2, 0.25) is 0 Å². The zero-order valence-electron chi connectivity index (χ0n) is 19.8. The van der Waals surface area contributed by atoms with Crippen LogP contribution < -0.4 is 10.6 Å². The van der Waals surface area contributed by atoms with Gasteiger partial charge in [-0.15, -0.1) is 0 Å². The number of hydrogen-bond acceptors (Lipinski definition) is 7. The van der Waals surface area contributed by atoms with Crippen molar-refractivity contribution in [3.63, 3.8) is 0 Å². The highest BCUT2D eigenvalue weighted by molar-refractivity contribution is 9.10. The van der Waals surface area contributed by atoms with Crippen molar-refractivity contribution in [3.05, 3.63) is 85.2 Å². The largest absolute Gasteiger partial charge is 0.362 e. The number of Topliss-reactive ketones (excluding diaryl/α,β-unsaturated/α-hetero) is 1. The maximum Gasteiger partial charge on any atom is 0.269 e. The van der Waals surface area contributed by atoms with Crippen LogP contribution >= 0.6 is 27.3 Å². The summed E-state index contributed by atoms with van der Waals surface area (Å²) in [6, 6.07) is 11.8. The quantitative estimate of drug-likeness (QED) is 0.286. The third kappa shape index (κ3) is 4.46. The topological polar surface area (TPSA) is 114 Å². The minimum Gasteiger partial charge on any atom is -0.362 e. The molecule has 2 heterocycles. The first-order valence-corrected chi connectivity index (χ1v) is 13.0. The molecule has 1 atom stereocenters. The van der Waals surface area contributed by atoms with Crippen LogP contribution in [0.15, 0.2) is 69.5 Å². The fourth-order valence-corrected chi connectivity index (χ4v) is 6.42. The van der Waals surface area contributed by atoms with Crippen LogP contribution in [0.25, 0.3) is 10.2 Å². The van der Waals surface area contributed by atoms with Crippen LogP contribution in [-0.2, 0) is 9.59 Å². The number of dihydropyridines is 1. The molecule has 1 amide bonds. The van der Waals surface area contributed by atoms with Crippen LogP contribution in [-0.4, -0.2) is 21.6 Å². The number of aromatic nitrogens is 1. The van der Waals surface area contributed by atoms with Crippen molar-refractivity contribution in [1.82, 2.24) is 10.3 Å². The predicted octanol–water partition coefficient (Wildman–Crippen LogP) is 6.21. The fraction of sp³-hybridized carbons (Fsp3) is 0.269. The molecule has 0 radical (unpaired) electrons. The van der Waals surface area contributed by atoms with Gasteiger partial charge in [-0.2, -0.15) is 0 Å². The highest BCUT2D eigenvalue weighted by Gasteiger charge is 2.43. The van der Waals surface area contributed by atoms with E-state index in [2.05, 4.69) is 31.5 Å². The Bertz CT molecular complexity index is 1520. The lowest BCUT2D eigenvalue weighted by Crippen LogP contribution is -2.39. The van der Waals surface area contributed by atoms with E-state index in [1.807, 2.05) is 32.0 Å². The summed E-state index contributed by atoms with van der Waals surface area (Å²) in [7, 11) is 0. The number of non-ortho nitro benzene ring substituents is 1. The van der Waals surface area contributed by atoms with E-state index >= 15 is 0 Å². The molecule has 0 saturated carbocycles. The highest BCUT2D eigenvalue weighted by atomic mass is 79.9. The molecule has 10 heteroatoms. The van der Waals surface area contributed by atoms with Crippen LogP contribution in [0.2, 0.25) is 0 Å². The number of amides is 1. The number of hydrogen-bond donors (Lipinski definition) is 2. The zero-order valence-corrected chi connectivity index (χ0v) is 22.2. The molecule has 1 aliphatic heterocycles. The summed E-state index contributed by atoms with van der Waals surface area (Å²) in [5, 5.41) is 18.2. The van der Waals surface area contributed by atoms with Crippen molar-refractivity contribution < 1.29 is 14.5 Å². The summed E-state index contributed by atoms with van der Waals surface area (Å²) in [4.78, 5) is 42.7. The Labute approximate surface area is 219 Å². The van der Waals surface area contributed by atoms with Crippen LogP contribution in [0.3, 0.4) is 0 Å². The van der Waals surface area contributed by atoms with Gasteiger partial charge in [0, 0.05) is 51.5 Å². The van der Waals surface area contributed by atoms with E-state index in [1.54, 1.807) is 19.1 Å². The summed E-state index contributed by atoms with van der Waals surface area (Å²) in [6.07, 6.45) is 0.970. The van der Waals surface area contributed by atoms with E-state index < -0.39 is 16.7 Å². The van der Waals surface area contributed by atoms with Gasteiger partial charge in [0.05, 0.1) is 15.1 Å². The molecular formula is C26H23BrN4O4S. The Morgan fingerprint density at radius 1 is 1.25 bits per heavy atom. The number of ketones is 1. The maximum atomic E-state index is 13.7. The SMILES string of the molecule is CC1=C(C(=O)Nc2nc3ccc(Br)cc3s2)C(c2cccc([N+](=O)[O-])c2)C2=C(CC(C)(C)CC2=O)N1. The average molecular weight is 567 g/mol. The minimum atomic E-state index is -0.728. The van der Waals surface area contributed by atoms with Gasteiger partial charge < -0.3 is 5.32 Å². The zero-order chi connectivity index (χ0) is 25.8. The van der Waals surface area contributed by atoms with E-state index in [9.17, 15) is 19.7 Å².